The van der Waals surface area contributed by atoms with Gasteiger partial charge in [-0.05, 0) is 79.7 Å². The molecule has 3 aromatic heterocycles. The molecule has 0 radical (unpaired) electrons. The Bertz CT molecular complexity index is 2460. The van der Waals surface area contributed by atoms with Gasteiger partial charge in [0.05, 0.1) is 31.0 Å². The van der Waals surface area contributed by atoms with Crippen LogP contribution in [0.1, 0.15) is 52.7 Å². The molecule has 0 bridgehead atoms. The van der Waals surface area contributed by atoms with Crippen molar-refractivity contribution in [1.82, 2.24) is 19.5 Å². The maximum Gasteiger partial charge on any atom is 0.144 e. The molecule has 0 fully saturated rings. The zero-order valence-corrected chi connectivity index (χ0v) is 33.7. The van der Waals surface area contributed by atoms with Gasteiger partial charge in [0, 0.05) is 36.1 Å². The lowest BCUT2D eigenvalue weighted by atomic mass is 9.79. The summed E-state index contributed by atoms with van der Waals surface area (Å²) >= 11 is 0. The van der Waals surface area contributed by atoms with Crippen molar-refractivity contribution in [1.29, 1.82) is 0 Å². The van der Waals surface area contributed by atoms with Crippen molar-refractivity contribution in [2.24, 2.45) is 7.05 Å². The minimum Gasteiger partial charge on any atom is -0.507 e. The van der Waals surface area contributed by atoms with Gasteiger partial charge in [-0.2, -0.15) is 0 Å². The molecule has 0 aliphatic heterocycles. The molecule has 0 unspecified atom stereocenters. The van der Waals surface area contributed by atoms with Gasteiger partial charge < -0.3 is 9.67 Å². The van der Waals surface area contributed by atoms with Crippen molar-refractivity contribution < 1.29 is 5.11 Å². The van der Waals surface area contributed by atoms with Gasteiger partial charge in [-0.25, -0.2) is 4.98 Å². The third-order valence-corrected chi connectivity index (χ3v) is 12.3. The van der Waals surface area contributed by atoms with E-state index in [0.29, 0.717) is 5.82 Å². The first-order chi connectivity index (χ1) is 25.0. The van der Waals surface area contributed by atoms with E-state index in [1.54, 1.807) is 0 Å². The molecule has 0 amide bonds. The minimum absolute atomic E-state index is 0.115. The highest BCUT2D eigenvalue weighted by molar-refractivity contribution is 6.89. The van der Waals surface area contributed by atoms with Crippen LogP contribution in [0.4, 0.5) is 0 Å². The highest BCUT2D eigenvalue weighted by Gasteiger charge is 2.28. The van der Waals surface area contributed by atoms with Gasteiger partial charge in [-0.15, -0.1) is 0 Å². The summed E-state index contributed by atoms with van der Waals surface area (Å²) in [5.41, 5.74) is 12.7. The number of phenols is 1. The first kappa shape index (κ1) is 36.0. The average molecular weight is 715 g/mol. The largest absolute Gasteiger partial charge is 0.507 e. The predicted octanol–water partition coefficient (Wildman–Crippen LogP) is 11.5. The summed E-state index contributed by atoms with van der Waals surface area (Å²) in [6, 6.07) is 34.4. The number of fused-ring (bicyclic) bond motifs is 1. The summed E-state index contributed by atoms with van der Waals surface area (Å²) in [5, 5.41) is 13.2. The Balaban J connectivity index is 1.46. The number of nitrogens with zero attached hydrogens (tertiary/aromatic N) is 4. The number of aryl methyl sites for hydroxylation is 1. The molecule has 53 heavy (non-hydrogen) atoms. The zero-order valence-electron chi connectivity index (χ0n) is 32.7. The van der Waals surface area contributed by atoms with Gasteiger partial charge in [-0.3, -0.25) is 9.97 Å². The average Bonchev–Trinajstić information content (AvgIpc) is 3.46. The Morgan fingerprint density at radius 3 is 1.85 bits per heavy atom. The molecular weight excluding hydrogens is 665 g/mol. The number of imidazole rings is 1. The third-order valence-electron chi connectivity index (χ3n) is 10.3. The molecule has 6 heteroatoms. The molecule has 268 valence electrons. The Morgan fingerprint density at radius 2 is 1.23 bits per heavy atom. The van der Waals surface area contributed by atoms with E-state index >= 15 is 0 Å². The Morgan fingerprint density at radius 1 is 0.604 bits per heavy atom. The minimum atomic E-state index is -1.71. The molecule has 7 aromatic rings. The SMILES string of the molecule is Cn1c(-c2cc(C(C)(C)C)cc(C(C)(C)C)c2O)nc2c(-c3cc(-c4ccccc4)cc(-c4cc(-c5ccccc5)c([Si](C)(C)C)cn4)c3)cncc21. The van der Waals surface area contributed by atoms with E-state index in [0.717, 1.165) is 61.2 Å². The van der Waals surface area contributed by atoms with E-state index < -0.39 is 8.07 Å². The van der Waals surface area contributed by atoms with Crippen molar-refractivity contribution in [2.75, 3.05) is 0 Å². The van der Waals surface area contributed by atoms with Crippen LogP contribution >= 0.6 is 0 Å². The van der Waals surface area contributed by atoms with Gasteiger partial charge >= 0.3 is 0 Å². The number of hydrogen-bond donors (Lipinski definition) is 1. The number of rotatable bonds is 6. The molecule has 5 nitrogen and oxygen atoms in total. The zero-order chi connectivity index (χ0) is 37.9. The van der Waals surface area contributed by atoms with Gasteiger partial charge in [0.2, 0.25) is 0 Å². The molecule has 0 aliphatic rings. The normalized spacial score (nSPS) is 12.4. The molecule has 4 aromatic carbocycles. The summed E-state index contributed by atoms with van der Waals surface area (Å²) in [4.78, 5) is 15.2. The Labute approximate surface area is 315 Å². The van der Waals surface area contributed by atoms with Crippen molar-refractivity contribution in [3.8, 4) is 61.8 Å². The van der Waals surface area contributed by atoms with Crippen LogP contribution in [-0.2, 0) is 17.9 Å². The molecule has 3 heterocycles. The monoisotopic (exact) mass is 714 g/mol. The molecule has 0 spiro atoms. The van der Waals surface area contributed by atoms with E-state index in [1.807, 2.05) is 25.5 Å². The number of benzene rings is 4. The summed E-state index contributed by atoms with van der Waals surface area (Å²) in [6.07, 6.45) is 5.89. The molecular formula is C47H50N4OSi. The van der Waals surface area contributed by atoms with E-state index in [2.05, 4.69) is 163 Å². The molecule has 1 N–H and O–H groups in total. The molecule has 0 saturated carbocycles. The second-order valence-electron chi connectivity index (χ2n) is 17.4. The third kappa shape index (κ3) is 6.96. The second-order valence-corrected chi connectivity index (χ2v) is 22.4. The van der Waals surface area contributed by atoms with E-state index in [4.69, 9.17) is 15.0 Å². The predicted molar refractivity (Wildman–Crippen MR) is 226 cm³/mol. The van der Waals surface area contributed by atoms with Crippen molar-refractivity contribution >= 4 is 24.3 Å². The summed E-state index contributed by atoms with van der Waals surface area (Å²) in [6.45, 7) is 20.2. The lowest BCUT2D eigenvalue weighted by Crippen LogP contribution is -2.39. The first-order valence-corrected chi connectivity index (χ1v) is 22.0. The number of aromatic hydroxyl groups is 1. The van der Waals surface area contributed by atoms with Crippen LogP contribution in [0, 0.1) is 0 Å². The highest BCUT2D eigenvalue weighted by Crippen LogP contribution is 2.43. The van der Waals surface area contributed by atoms with Crippen molar-refractivity contribution in [3.63, 3.8) is 0 Å². The fourth-order valence-electron chi connectivity index (χ4n) is 7.16. The topological polar surface area (TPSA) is 63.8 Å². The van der Waals surface area contributed by atoms with Crippen LogP contribution in [0.2, 0.25) is 19.6 Å². The Hall–Kier alpha value is -5.33. The highest BCUT2D eigenvalue weighted by atomic mass is 28.3. The van der Waals surface area contributed by atoms with Crippen LogP contribution in [0.25, 0.3) is 67.1 Å². The summed E-state index contributed by atoms with van der Waals surface area (Å²) in [7, 11) is 0.306. The lowest BCUT2D eigenvalue weighted by Gasteiger charge is -2.27. The molecule has 0 atom stereocenters. The van der Waals surface area contributed by atoms with Crippen molar-refractivity contribution in [2.45, 2.75) is 72.0 Å². The van der Waals surface area contributed by atoms with Crippen LogP contribution in [-0.4, -0.2) is 32.7 Å². The quantitative estimate of drug-likeness (QED) is 0.174. The molecule has 7 rings (SSSR count). The van der Waals surface area contributed by atoms with Crippen LogP contribution in [0.3, 0.4) is 0 Å². The van der Waals surface area contributed by atoms with Gasteiger partial charge in [-0.1, -0.05) is 128 Å². The number of aromatic nitrogens is 4. The summed E-state index contributed by atoms with van der Waals surface area (Å²) < 4.78 is 2.06. The Kier molecular flexibility index (Phi) is 9.02. The smallest absolute Gasteiger partial charge is 0.144 e. The number of pyridine rings is 2. The van der Waals surface area contributed by atoms with E-state index in [1.165, 1.54) is 16.3 Å². The fraction of sp³-hybridized carbons (Fsp3) is 0.255. The maximum atomic E-state index is 11.8. The van der Waals surface area contributed by atoms with Crippen LogP contribution < -0.4 is 5.19 Å². The number of phenolic OH excluding ortho intramolecular Hbond substituents is 1. The fourth-order valence-corrected chi connectivity index (χ4v) is 8.63. The maximum absolute atomic E-state index is 11.8. The van der Waals surface area contributed by atoms with Crippen molar-refractivity contribution in [3.05, 3.63) is 127 Å². The standard InChI is InChI=1S/C47H50N4OSi/c1-46(2,3)35-24-37(44(52)39(25-35)47(4,5)6)45-50-43-38(27-48-28-41(43)51(45)7)33-21-32(30-17-13-11-14-18-30)22-34(23-33)40-26-36(31-19-15-12-16-20-31)42(29-49-40)53(8,9)10/h11-29,52H,1-10H3. The second kappa shape index (κ2) is 13.3. The lowest BCUT2D eigenvalue weighted by molar-refractivity contribution is 0.446. The summed E-state index contributed by atoms with van der Waals surface area (Å²) in [5.74, 6) is 0.979. The molecule has 0 aliphatic carbocycles. The molecule has 0 saturated heterocycles. The van der Waals surface area contributed by atoms with Gasteiger partial charge in [0.15, 0.2) is 0 Å². The van der Waals surface area contributed by atoms with Gasteiger partial charge in [0.1, 0.15) is 17.1 Å². The first-order valence-electron chi connectivity index (χ1n) is 18.5. The van der Waals surface area contributed by atoms with Crippen LogP contribution in [0.5, 0.6) is 5.75 Å². The number of hydrogen-bond acceptors (Lipinski definition) is 4. The van der Waals surface area contributed by atoms with Crippen LogP contribution in [0.15, 0.2) is 116 Å². The van der Waals surface area contributed by atoms with E-state index in [-0.39, 0.29) is 16.6 Å². The van der Waals surface area contributed by atoms with Gasteiger partial charge in [0.25, 0.3) is 0 Å². The van der Waals surface area contributed by atoms with E-state index in [9.17, 15) is 5.11 Å².